The van der Waals surface area contributed by atoms with Crippen LogP contribution in [0.15, 0.2) is 17.0 Å². The van der Waals surface area contributed by atoms with Gasteiger partial charge in [-0.05, 0) is 18.3 Å². The van der Waals surface area contributed by atoms with E-state index in [1.807, 2.05) is 0 Å². The Labute approximate surface area is 106 Å². The Morgan fingerprint density at radius 1 is 1.33 bits per heavy atom. The fourth-order valence-corrected chi connectivity index (χ4v) is 2.76. The van der Waals surface area contributed by atoms with E-state index in [0.717, 1.165) is 29.6 Å². The molecule has 2 atom stereocenters. The highest BCUT2D eigenvalue weighted by Gasteiger charge is 2.21. The van der Waals surface area contributed by atoms with Crippen molar-refractivity contribution in [3.8, 4) is 0 Å². The van der Waals surface area contributed by atoms with E-state index in [9.17, 15) is 0 Å². The number of hydrogen-bond acceptors (Lipinski definition) is 5. The number of anilines is 1. The van der Waals surface area contributed by atoms with Crippen molar-refractivity contribution in [3.63, 3.8) is 0 Å². The predicted octanol–water partition coefficient (Wildman–Crippen LogP) is 2.86. The molecular formula is C13H18N4O. The van der Waals surface area contributed by atoms with Crippen molar-refractivity contribution >= 4 is 16.9 Å². The van der Waals surface area contributed by atoms with Gasteiger partial charge in [0.05, 0.1) is 6.20 Å². The number of nitrogens with zero attached hydrogens (tertiary/aromatic N) is 3. The van der Waals surface area contributed by atoms with Crippen molar-refractivity contribution in [1.82, 2.24) is 15.1 Å². The van der Waals surface area contributed by atoms with Crippen molar-refractivity contribution in [2.75, 3.05) is 11.9 Å². The van der Waals surface area contributed by atoms with Crippen molar-refractivity contribution in [2.45, 2.75) is 32.6 Å². The molecule has 1 saturated carbocycles. The van der Waals surface area contributed by atoms with Gasteiger partial charge in [0.15, 0.2) is 0 Å². The average Bonchev–Trinajstić information content (AvgIpc) is 2.86. The summed E-state index contributed by atoms with van der Waals surface area (Å²) in [5.74, 6) is 2.37. The first-order chi connectivity index (χ1) is 8.84. The molecule has 1 aliphatic rings. The smallest absolute Gasteiger partial charge is 0.262 e. The van der Waals surface area contributed by atoms with E-state index < -0.39 is 0 Å². The molecule has 0 amide bonds. The third kappa shape index (κ3) is 2.17. The molecule has 5 nitrogen and oxygen atoms in total. The highest BCUT2D eigenvalue weighted by atomic mass is 16.5. The maximum Gasteiger partial charge on any atom is 0.262 e. The van der Waals surface area contributed by atoms with Gasteiger partial charge in [0, 0.05) is 6.54 Å². The summed E-state index contributed by atoms with van der Waals surface area (Å²) in [6.07, 6.45) is 8.57. The molecule has 2 heterocycles. The van der Waals surface area contributed by atoms with Gasteiger partial charge in [0.1, 0.15) is 17.5 Å². The van der Waals surface area contributed by atoms with Crippen LogP contribution in [-0.2, 0) is 0 Å². The highest BCUT2D eigenvalue weighted by Crippen LogP contribution is 2.30. The van der Waals surface area contributed by atoms with Gasteiger partial charge in [-0.1, -0.05) is 31.3 Å². The van der Waals surface area contributed by atoms with Crippen LogP contribution in [-0.4, -0.2) is 21.7 Å². The minimum absolute atomic E-state index is 0.546. The van der Waals surface area contributed by atoms with Gasteiger partial charge < -0.3 is 9.84 Å². The van der Waals surface area contributed by atoms with E-state index in [2.05, 4.69) is 27.4 Å². The first-order valence-corrected chi connectivity index (χ1v) is 6.64. The summed E-state index contributed by atoms with van der Waals surface area (Å²) in [6.45, 7) is 3.32. The van der Waals surface area contributed by atoms with Crippen LogP contribution in [0.5, 0.6) is 0 Å². The largest absolute Gasteiger partial charge is 0.369 e. The monoisotopic (exact) mass is 246 g/mol. The first kappa shape index (κ1) is 11.4. The lowest BCUT2D eigenvalue weighted by atomic mass is 9.80. The quantitative estimate of drug-likeness (QED) is 0.902. The Morgan fingerprint density at radius 3 is 3.11 bits per heavy atom. The van der Waals surface area contributed by atoms with E-state index in [1.165, 1.54) is 32.0 Å². The Hall–Kier alpha value is -1.65. The lowest BCUT2D eigenvalue weighted by Crippen LogP contribution is -2.24. The molecule has 5 heteroatoms. The van der Waals surface area contributed by atoms with Gasteiger partial charge in [0.25, 0.3) is 5.71 Å². The summed E-state index contributed by atoms with van der Waals surface area (Å²) in [4.78, 5) is 8.30. The molecule has 0 bridgehead atoms. The maximum atomic E-state index is 5.03. The first-order valence-electron chi connectivity index (χ1n) is 6.64. The molecule has 0 radical (unpaired) electrons. The third-order valence-electron chi connectivity index (χ3n) is 3.99. The van der Waals surface area contributed by atoms with Crippen LogP contribution >= 0.6 is 0 Å². The van der Waals surface area contributed by atoms with Crippen LogP contribution in [0.1, 0.15) is 32.6 Å². The van der Waals surface area contributed by atoms with E-state index >= 15 is 0 Å². The Kier molecular flexibility index (Phi) is 3.13. The summed E-state index contributed by atoms with van der Waals surface area (Å²) < 4.78 is 5.03. The van der Waals surface area contributed by atoms with Crippen LogP contribution in [0.2, 0.25) is 0 Å². The molecule has 1 fully saturated rings. The average molecular weight is 246 g/mol. The minimum atomic E-state index is 0.546. The molecule has 2 aromatic heterocycles. The van der Waals surface area contributed by atoms with E-state index in [1.54, 1.807) is 6.20 Å². The zero-order valence-electron chi connectivity index (χ0n) is 10.6. The van der Waals surface area contributed by atoms with Crippen LogP contribution in [0, 0.1) is 11.8 Å². The van der Waals surface area contributed by atoms with Crippen LogP contribution in [0.3, 0.4) is 0 Å². The molecule has 3 rings (SSSR count). The molecule has 96 valence electrons. The molecule has 1 N–H and O–H groups in total. The van der Waals surface area contributed by atoms with Crippen molar-refractivity contribution in [1.29, 1.82) is 0 Å². The standard InChI is InChI=1S/C13H18N4O/c1-9-4-2-3-5-10(9)6-14-12-11-7-17-18-13(11)16-8-15-12/h7-10H,2-6H2,1H3,(H,14,15,16)/t9-,10-/m1/s1. The number of nitrogens with one attached hydrogen (secondary N) is 1. The number of hydrogen-bond donors (Lipinski definition) is 1. The Morgan fingerprint density at radius 2 is 2.22 bits per heavy atom. The summed E-state index contributed by atoms with van der Waals surface area (Å²) in [5, 5.41) is 8.04. The summed E-state index contributed by atoms with van der Waals surface area (Å²) >= 11 is 0. The number of fused-ring (bicyclic) bond motifs is 1. The van der Waals surface area contributed by atoms with E-state index in [4.69, 9.17) is 4.52 Å². The van der Waals surface area contributed by atoms with Crippen molar-refractivity contribution in [3.05, 3.63) is 12.5 Å². The van der Waals surface area contributed by atoms with Gasteiger partial charge in [-0.15, -0.1) is 0 Å². The van der Waals surface area contributed by atoms with E-state index in [0.29, 0.717) is 5.71 Å². The fraction of sp³-hybridized carbons (Fsp3) is 0.615. The molecule has 0 aromatic carbocycles. The normalized spacial score (nSPS) is 24.3. The molecule has 0 unspecified atom stereocenters. The fourth-order valence-electron chi connectivity index (χ4n) is 2.76. The summed E-state index contributed by atoms with van der Waals surface area (Å²) in [7, 11) is 0. The second-order valence-corrected chi connectivity index (χ2v) is 5.17. The molecular weight excluding hydrogens is 228 g/mol. The van der Waals surface area contributed by atoms with Gasteiger partial charge in [0.2, 0.25) is 0 Å². The maximum absolute atomic E-state index is 5.03. The molecule has 0 saturated heterocycles. The van der Waals surface area contributed by atoms with Crippen LogP contribution < -0.4 is 5.32 Å². The van der Waals surface area contributed by atoms with Crippen molar-refractivity contribution < 1.29 is 4.52 Å². The van der Waals surface area contributed by atoms with Gasteiger partial charge >= 0.3 is 0 Å². The zero-order valence-corrected chi connectivity index (χ0v) is 10.6. The lowest BCUT2D eigenvalue weighted by molar-refractivity contribution is 0.268. The third-order valence-corrected chi connectivity index (χ3v) is 3.99. The van der Waals surface area contributed by atoms with Gasteiger partial charge in [-0.25, -0.2) is 4.98 Å². The van der Waals surface area contributed by atoms with Crippen molar-refractivity contribution in [2.24, 2.45) is 11.8 Å². The zero-order chi connectivity index (χ0) is 12.4. The molecule has 2 aromatic rings. The topological polar surface area (TPSA) is 63.8 Å². The van der Waals surface area contributed by atoms with Gasteiger partial charge in [-0.3, -0.25) is 0 Å². The minimum Gasteiger partial charge on any atom is -0.369 e. The lowest BCUT2D eigenvalue weighted by Gasteiger charge is -2.28. The second-order valence-electron chi connectivity index (χ2n) is 5.17. The predicted molar refractivity (Wildman–Crippen MR) is 69.2 cm³/mol. The summed E-state index contributed by atoms with van der Waals surface area (Å²) in [6, 6.07) is 0. The number of aromatic nitrogens is 3. The van der Waals surface area contributed by atoms with Crippen LogP contribution in [0.25, 0.3) is 11.1 Å². The Balaban J connectivity index is 1.71. The molecule has 0 aliphatic heterocycles. The molecule has 18 heavy (non-hydrogen) atoms. The van der Waals surface area contributed by atoms with Gasteiger partial charge in [-0.2, -0.15) is 4.98 Å². The Bertz CT molecular complexity index is 524. The van der Waals surface area contributed by atoms with Crippen LogP contribution in [0.4, 0.5) is 5.82 Å². The SMILES string of the molecule is C[C@@H]1CCCC[C@@H]1CNc1ncnc2oncc12. The number of rotatable bonds is 3. The molecule has 0 spiro atoms. The highest BCUT2D eigenvalue weighted by molar-refractivity contribution is 5.84. The second kappa shape index (κ2) is 4.92. The van der Waals surface area contributed by atoms with E-state index in [-0.39, 0.29) is 0 Å². The molecule has 1 aliphatic carbocycles. The summed E-state index contributed by atoms with van der Waals surface area (Å²) in [5.41, 5.74) is 0.546.